The fourth-order valence-electron chi connectivity index (χ4n) is 2.91. The number of thiophene rings is 1. The maximum atomic E-state index is 12.3. The van der Waals surface area contributed by atoms with Gasteiger partial charge in [-0.1, -0.05) is 0 Å². The van der Waals surface area contributed by atoms with E-state index in [1.54, 1.807) is 18.0 Å². The molecule has 0 unspecified atom stereocenters. The van der Waals surface area contributed by atoms with E-state index in [4.69, 9.17) is 0 Å². The average Bonchev–Trinajstić information content (AvgIpc) is 3.16. The van der Waals surface area contributed by atoms with Crippen LogP contribution in [0.25, 0.3) is 0 Å². The highest BCUT2D eigenvalue weighted by atomic mass is 32.1. The second-order valence-corrected chi connectivity index (χ2v) is 6.87. The Morgan fingerprint density at radius 3 is 3.04 bits per heavy atom. The van der Waals surface area contributed by atoms with Crippen molar-refractivity contribution in [2.24, 2.45) is 0 Å². The van der Waals surface area contributed by atoms with E-state index in [0.29, 0.717) is 31.6 Å². The summed E-state index contributed by atoms with van der Waals surface area (Å²) in [6.45, 7) is 3.40. The van der Waals surface area contributed by atoms with Crippen molar-refractivity contribution in [1.29, 1.82) is 0 Å². The van der Waals surface area contributed by atoms with Crippen molar-refractivity contribution >= 4 is 23.1 Å². The van der Waals surface area contributed by atoms with Gasteiger partial charge in [-0.25, -0.2) is 9.97 Å². The molecule has 0 bridgehead atoms. The van der Waals surface area contributed by atoms with E-state index in [2.05, 4.69) is 9.97 Å². The number of aliphatic hydroxyl groups is 1. The lowest BCUT2D eigenvalue weighted by molar-refractivity contribution is 0.0264. The van der Waals surface area contributed by atoms with Crippen LogP contribution in [0.4, 0.5) is 5.82 Å². The third-order valence-corrected chi connectivity index (χ3v) is 4.78. The van der Waals surface area contributed by atoms with Crippen molar-refractivity contribution in [2.75, 3.05) is 31.6 Å². The molecular formula is C16H20N4O2S. The Bertz CT molecular complexity index is 691. The number of amides is 1. The Morgan fingerprint density at radius 2 is 2.35 bits per heavy atom. The van der Waals surface area contributed by atoms with Crippen molar-refractivity contribution in [2.45, 2.75) is 18.9 Å². The zero-order chi connectivity index (χ0) is 16.4. The van der Waals surface area contributed by atoms with Gasteiger partial charge >= 0.3 is 0 Å². The summed E-state index contributed by atoms with van der Waals surface area (Å²) in [6, 6.07) is 3.71. The van der Waals surface area contributed by atoms with Gasteiger partial charge in [0.2, 0.25) is 0 Å². The van der Waals surface area contributed by atoms with E-state index in [1.807, 2.05) is 28.7 Å². The molecule has 0 aliphatic carbocycles. The van der Waals surface area contributed by atoms with Crippen LogP contribution in [0.3, 0.4) is 0 Å². The number of hydrogen-bond donors (Lipinski definition) is 1. The summed E-state index contributed by atoms with van der Waals surface area (Å²) in [5.74, 6) is 0.760. The van der Waals surface area contributed by atoms with Gasteiger partial charge in [0.1, 0.15) is 17.7 Å². The highest BCUT2D eigenvalue weighted by molar-refractivity contribution is 7.08. The van der Waals surface area contributed by atoms with Gasteiger partial charge < -0.3 is 14.9 Å². The molecule has 1 atom stereocenters. The summed E-state index contributed by atoms with van der Waals surface area (Å²) in [5.41, 5.74) is 0.650. The molecule has 1 aliphatic heterocycles. The lowest BCUT2D eigenvalue weighted by Crippen LogP contribution is -2.45. The van der Waals surface area contributed by atoms with Gasteiger partial charge in [-0.15, -0.1) is 0 Å². The van der Waals surface area contributed by atoms with Crippen LogP contribution >= 0.6 is 11.3 Å². The molecule has 6 nitrogen and oxygen atoms in total. The van der Waals surface area contributed by atoms with Gasteiger partial charge in [0.25, 0.3) is 5.91 Å². The molecule has 1 saturated heterocycles. The molecule has 0 saturated carbocycles. The van der Waals surface area contributed by atoms with Crippen LogP contribution in [0.15, 0.2) is 29.2 Å². The Balaban J connectivity index is 1.65. The first-order chi connectivity index (χ1) is 11.0. The van der Waals surface area contributed by atoms with Gasteiger partial charge in [-0.2, -0.15) is 11.3 Å². The van der Waals surface area contributed by atoms with Crippen molar-refractivity contribution in [3.8, 4) is 0 Å². The normalized spacial score (nSPS) is 20.7. The predicted molar refractivity (Wildman–Crippen MR) is 89.8 cm³/mol. The Kier molecular flexibility index (Phi) is 4.32. The number of anilines is 1. The zero-order valence-corrected chi connectivity index (χ0v) is 14.1. The second-order valence-electron chi connectivity index (χ2n) is 6.09. The standard InChI is InChI=1S/C16H20N4O2S/c1-12-7-14(18-11-17-12)20-5-4-16(22,10-20)9-19(2)15(21)13-3-6-23-8-13/h3,6-8,11,22H,4-5,9-10H2,1-2H3/t16-/m1/s1. The smallest absolute Gasteiger partial charge is 0.254 e. The molecule has 3 heterocycles. The molecule has 7 heteroatoms. The molecule has 0 aromatic carbocycles. The largest absolute Gasteiger partial charge is 0.386 e. The molecule has 1 N–H and O–H groups in total. The summed E-state index contributed by atoms with van der Waals surface area (Å²) in [4.78, 5) is 24.3. The molecule has 122 valence electrons. The maximum Gasteiger partial charge on any atom is 0.254 e. The van der Waals surface area contributed by atoms with Crippen molar-refractivity contribution in [3.05, 3.63) is 40.5 Å². The Labute approximate surface area is 139 Å². The van der Waals surface area contributed by atoms with E-state index < -0.39 is 5.60 Å². The number of rotatable bonds is 4. The third kappa shape index (κ3) is 3.51. The fraction of sp³-hybridized carbons (Fsp3) is 0.438. The number of carbonyl (C=O) groups is 1. The molecule has 2 aromatic heterocycles. The minimum Gasteiger partial charge on any atom is -0.386 e. The predicted octanol–water partition coefficient (Wildman–Crippen LogP) is 1.56. The topological polar surface area (TPSA) is 69.6 Å². The molecule has 3 rings (SSSR count). The molecule has 2 aromatic rings. The molecule has 0 radical (unpaired) electrons. The van der Waals surface area contributed by atoms with E-state index in [0.717, 1.165) is 11.5 Å². The first-order valence-corrected chi connectivity index (χ1v) is 8.45. The minimum absolute atomic E-state index is 0.0593. The average molecular weight is 332 g/mol. The van der Waals surface area contributed by atoms with Gasteiger partial charge in [-0.3, -0.25) is 4.79 Å². The SMILES string of the molecule is Cc1cc(N2CC[C@@](O)(CN(C)C(=O)c3ccsc3)C2)ncn1. The maximum absolute atomic E-state index is 12.3. The van der Waals surface area contributed by atoms with Crippen molar-refractivity contribution in [3.63, 3.8) is 0 Å². The second kappa shape index (κ2) is 6.25. The molecule has 1 fully saturated rings. The minimum atomic E-state index is -0.917. The fourth-order valence-corrected chi connectivity index (χ4v) is 3.54. The van der Waals surface area contributed by atoms with E-state index in [9.17, 15) is 9.90 Å². The van der Waals surface area contributed by atoms with E-state index in [1.165, 1.54) is 17.7 Å². The van der Waals surface area contributed by atoms with Gasteiger partial charge in [0, 0.05) is 37.3 Å². The van der Waals surface area contributed by atoms with Gasteiger partial charge in [-0.05, 0) is 24.8 Å². The van der Waals surface area contributed by atoms with E-state index >= 15 is 0 Å². The number of likely N-dealkylation sites (N-methyl/N-ethyl adjacent to an activating group) is 1. The summed E-state index contributed by atoms with van der Waals surface area (Å²) >= 11 is 1.49. The number of nitrogens with zero attached hydrogens (tertiary/aromatic N) is 4. The zero-order valence-electron chi connectivity index (χ0n) is 13.3. The van der Waals surface area contributed by atoms with Crippen LogP contribution in [-0.2, 0) is 0 Å². The Hall–Kier alpha value is -1.99. The summed E-state index contributed by atoms with van der Waals surface area (Å²) in [5, 5.41) is 14.5. The van der Waals surface area contributed by atoms with Gasteiger partial charge in [0.15, 0.2) is 0 Å². The van der Waals surface area contributed by atoms with Gasteiger partial charge in [0.05, 0.1) is 12.1 Å². The summed E-state index contributed by atoms with van der Waals surface area (Å²) < 4.78 is 0. The molecule has 1 aliphatic rings. The first kappa shape index (κ1) is 15.9. The number of hydrogen-bond acceptors (Lipinski definition) is 6. The number of aromatic nitrogens is 2. The molecular weight excluding hydrogens is 312 g/mol. The quantitative estimate of drug-likeness (QED) is 0.920. The van der Waals surface area contributed by atoms with Crippen LogP contribution in [0, 0.1) is 6.92 Å². The van der Waals surface area contributed by atoms with E-state index in [-0.39, 0.29) is 5.91 Å². The molecule has 0 spiro atoms. The van der Waals surface area contributed by atoms with Crippen molar-refractivity contribution < 1.29 is 9.90 Å². The monoisotopic (exact) mass is 332 g/mol. The summed E-state index contributed by atoms with van der Waals surface area (Å²) in [7, 11) is 1.73. The molecule has 1 amide bonds. The number of β-amino-alcohol motifs (C(OH)–C–C–N with tert-alkyl or cyclic N) is 1. The van der Waals surface area contributed by atoms with Crippen LogP contribution in [0.2, 0.25) is 0 Å². The number of carbonyl (C=O) groups excluding carboxylic acids is 1. The third-order valence-electron chi connectivity index (χ3n) is 4.09. The van der Waals surface area contributed by atoms with Crippen LogP contribution in [0.1, 0.15) is 22.5 Å². The molecule has 23 heavy (non-hydrogen) atoms. The van der Waals surface area contributed by atoms with Crippen LogP contribution in [0.5, 0.6) is 0 Å². The highest BCUT2D eigenvalue weighted by Crippen LogP contribution is 2.26. The van der Waals surface area contributed by atoms with Crippen LogP contribution < -0.4 is 4.90 Å². The lowest BCUT2D eigenvalue weighted by atomic mass is 10.0. The summed E-state index contributed by atoms with van der Waals surface area (Å²) in [6.07, 6.45) is 2.14. The van der Waals surface area contributed by atoms with Crippen molar-refractivity contribution in [1.82, 2.24) is 14.9 Å². The van der Waals surface area contributed by atoms with Crippen LogP contribution in [-0.4, -0.2) is 58.2 Å². The lowest BCUT2D eigenvalue weighted by Gasteiger charge is -2.29. The Morgan fingerprint density at radius 1 is 1.52 bits per heavy atom. The highest BCUT2D eigenvalue weighted by Gasteiger charge is 2.38. The first-order valence-electron chi connectivity index (χ1n) is 7.50. The number of aryl methyl sites for hydroxylation is 1.